The fourth-order valence-corrected chi connectivity index (χ4v) is 2.43. The molecule has 0 saturated carbocycles. The van der Waals surface area contributed by atoms with E-state index in [0.29, 0.717) is 5.56 Å². The third kappa shape index (κ3) is 2.77. The summed E-state index contributed by atoms with van der Waals surface area (Å²) >= 11 is 2.10. The Bertz CT molecular complexity index is 377. The molecule has 0 spiro atoms. The number of halogens is 1. The van der Waals surface area contributed by atoms with E-state index in [1.54, 1.807) is 0 Å². The van der Waals surface area contributed by atoms with E-state index in [9.17, 15) is 4.79 Å². The van der Waals surface area contributed by atoms with Crippen molar-refractivity contribution in [2.45, 2.75) is 20.8 Å². The van der Waals surface area contributed by atoms with Crippen molar-refractivity contribution in [2.75, 3.05) is 0 Å². The predicted octanol–water partition coefficient (Wildman–Crippen LogP) is 3.41. The topological polar surface area (TPSA) is 40.9 Å². The molecule has 0 fully saturated rings. The summed E-state index contributed by atoms with van der Waals surface area (Å²) < 4.78 is 0.873. The van der Waals surface area contributed by atoms with Crippen LogP contribution in [0.3, 0.4) is 0 Å². The Balaban J connectivity index is 0.00000169. The van der Waals surface area contributed by atoms with Crippen molar-refractivity contribution in [3.05, 3.63) is 37.6 Å². The van der Waals surface area contributed by atoms with Crippen LogP contribution in [0.1, 0.15) is 27.0 Å². The van der Waals surface area contributed by atoms with Crippen LogP contribution in [0.15, 0.2) is 6.07 Å². The van der Waals surface area contributed by atoms with Gasteiger partial charge in [-0.1, -0.05) is 0 Å². The van der Waals surface area contributed by atoms with Crippen molar-refractivity contribution in [3.8, 4) is 0 Å². The minimum Gasteiger partial charge on any atom is -0.664 e. The van der Waals surface area contributed by atoms with Gasteiger partial charge in [-0.25, -0.2) is 0 Å². The molecule has 1 aromatic rings. The Hall–Kier alpha value is 0.524. The van der Waals surface area contributed by atoms with Crippen LogP contribution in [0.2, 0.25) is 0 Å². The molecular formula is C10H11INOY-. The molecule has 0 aliphatic rings. The number of carbonyl (C=O) groups excluding carboxylic acids is 1. The molecule has 0 atom stereocenters. The maximum Gasteiger partial charge on any atom is 0.0809 e. The van der Waals surface area contributed by atoms with Gasteiger partial charge in [0.1, 0.15) is 0 Å². The molecule has 1 rings (SSSR count). The Kier molecular flexibility index (Phi) is 5.77. The molecule has 1 radical (unpaired) electrons. The number of amides is 1. The second-order valence-electron chi connectivity index (χ2n) is 3.13. The number of hydrogen-bond donors (Lipinski definition) is 0. The fourth-order valence-electron chi connectivity index (χ4n) is 1.31. The van der Waals surface area contributed by atoms with Crippen LogP contribution < -0.4 is 0 Å². The third-order valence-electron chi connectivity index (χ3n) is 2.34. The minimum atomic E-state index is -0.593. The monoisotopic (exact) mass is 377 g/mol. The van der Waals surface area contributed by atoms with Crippen molar-refractivity contribution in [1.29, 1.82) is 0 Å². The zero-order valence-corrected chi connectivity index (χ0v) is 13.4. The average Bonchev–Trinajstić information content (AvgIpc) is 1.99. The van der Waals surface area contributed by atoms with Crippen LogP contribution in [0.5, 0.6) is 0 Å². The molecule has 0 unspecified atom stereocenters. The SMILES string of the molecule is Cc1cc(I)c(C([NH-])=O)c(C)c1C.[Y]. The van der Waals surface area contributed by atoms with Gasteiger partial charge < -0.3 is 10.5 Å². The van der Waals surface area contributed by atoms with Gasteiger partial charge in [-0.15, -0.1) is 0 Å². The molecule has 1 N–H and O–H groups in total. The molecule has 0 saturated heterocycles. The van der Waals surface area contributed by atoms with Crippen molar-refractivity contribution in [2.24, 2.45) is 0 Å². The van der Waals surface area contributed by atoms with E-state index < -0.39 is 5.91 Å². The molecule has 0 aliphatic heterocycles. The molecule has 73 valence electrons. The first-order chi connectivity index (χ1) is 5.95. The van der Waals surface area contributed by atoms with Gasteiger partial charge in [0.15, 0.2) is 0 Å². The van der Waals surface area contributed by atoms with Crippen LogP contribution in [-0.2, 0) is 32.7 Å². The maximum absolute atomic E-state index is 11.0. The summed E-state index contributed by atoms with van der Waals surface area (Å²) in [5.41, 5.74) is 10.9. The first-order valence-electron chi connectivity index (χ1n) is 3.97. The first kappa shape index (κ1) is 14.5. The zero-order valence-electron chi connectivity index (χ0n) is 8.44. The van der Waals surface area contributed by atoms with Gasteiger partial charge in [0.25, 0.3) is 0 Å². The second kappa shape index (κ2) is 5.56. The van der Waals surface area contributed by atoms with Crippen molar-refractivity contribution in [3.63, 3.8) is 0 Å². The van der Waals surface area contributed by atoms with Crippen LogP contribution in [-0.4, -0.2) is 5.91 Å². The average molecular weight is 377 g/mol. The van der Waals surface area contributed by atoms with E-state index in [1.807, 2.05) is 26.8 Å². The first-order valence-corrected chi connectivity index (χ1v) is 5.05. The van der Waals surface area contributed by atoms with Crippen molar-refractivity contribution >= 4 is 28.5 Å². The van der Waals surface area contributed by atoms with Crippen LogP contribution in [0.4, 0.5) is 0 Å². The van der Waals surface area contributed by atoms with Gasteiger partial charge in [-0.2, -0.15) is 0 Å². The number of rotatable bonds is 1. The van der Waals surface area contributed by atoms with E-state index in [2.05, 4.69) is 22.6 Å². The summed E-state index contributed by atoms with van der Waals surface area (Å²) in [4.78, 5) is 11.0. The molecular weight excluding hydrogens is 366 g/mol. The van der Waals surface area contributed by atoms with Crippen LogP contribution >= 0.6 is 22.6 Å². The molecule has 0 heterocycles. The second-order valence-corrected chi connectivity index (χ2v) is 4.29. The fraction of sp³-hybridized carbons (Fsp3) is 0.300. The standard InChI is InChI=1S/C10H12INO.Y/c1-5-4-8(11)9(10(12)13)7(3)6(5)2;/h4H,1-3H3,(H2,12,13);/p-1. The summed E-state index contributed by atoms with van der Waals surface area (Å²) in [6, 6.07) is 1.95. The number of aryl methyl sites for hydroxylation is 1. The van der Waals surface area contributed by atoms with Gasteiger partial charge in [0.2, 0.25) is 0 Å². The van der Waals surface area contributed by atoms with E-state index >= 15 is 0 Å². The predicted molar refractivity (Wildman–Crippen MR) is 62.0 cm³/mol. The molecule has 1 aromatic carbocycles. The summed E-state index contributed by atoms with van der Waals surface area (Å²) in [6.45, 7) is 5.89. The van der Waals surface area contributed by atoms with Gasteiger partial charge in [-0.05, 0) is 66.1 Å². The summed E-state index contributed by atoms with van der Waals surface area (Å²) in [5, 5.41) is 0. The van der Waals surface area contributed by atoms with E-state index in [4.69, 9.17) is 5.73 Å². The number of carbonyl (C=O) groups is 1. The van der Waals surface area contributed by atoms with Gasteiger partial charge in [-0.3, -0.25) is 0 Å². The van der Waals surface area contributed by atoms with Gasteiger partial charge in [0.05, 0.1) is 5.91 Å². The zero-order chi connectivity index (χ0) is 10.2. The largest absolute Gasteiger partial charge is 0.664 e. The summed E-state index contributed by atoms with van der Waals surface area (Å²) in [7, 11) is 0. The Labute approximate surface area is 123 Å². The van der Waals surface area contributed by atoms with Gasteiger partial charge >= 0.3 is 0 Å². The smallest absolute Gasteiger partial charge is 0.0809 e. The summed E-state index contributed by atoms with van der Waals surface area (Å²) in [6.07, 6.45) is 0. The number of hydrogen-bond acceptors (Lipinski definition) is 1. The Morgan fingerprint density at radius 1 is 1.29 bits per heavy atom. The third-order valence-corrected chi connectivity index (χ3v) is 3.19. The normalized spacial score (nSPS) is 9.43. The number of benzene rings is 1. The van der Waals surface area contributed by atoms with Gasteiger partial charge in [0, 0.05) is 41.8 Å². The number of nitrogens with one attached hydrogen (secondary N) is 1. The van der Waals surface area contributed by atoms with Crippen molar-refractivity contribution in [1.82, 2.24) is 0 Å². The van der Waals surface area contributed by atoms with Crippen LogP contribution in [0.25, 0.3) is 5.73 Å². The molecule has 2 nitrogen and oxygen atoms in total. The quantitative estimate of drug-likeness (QED) is 0.692. The molecule has 14 heavy (non-hydrogen) atoms. The summed E-state index contributed by atoms with van der Waals surface area (Å²) in [5.74, 6) is -0.593. The van der Waals surface area contributed by atoms with E-state index in [1.165, 1.54) is 5.56 Å². The molecule has 0 aliphatic carbocycles. The molecule has 4 heteroatoms. The molecule has 1 amide bonds. The molecule has 0 bridgehead atoms. The maximum atomic E-state index is 11.0. The van der Waals surface area contributed by atoms with E-state index in [-0.39, 0.29) is 32.7 Å². The van der Waals surface area contributed by atoms with Crippen LogP contribution in [0, 0.1) is 24.3 Å². The minimum absolute atomic E-state index is 0. The van der Waals surface area contributed by atoms with E-state index in [0.717, 1.165) is 14.7 Å². The molecule has 0 aromatic heterocycles. The Morgan fingerprint density at radius 3 is 2.21 bits per heavy atom. The van der Waals surface area contributed by atoms with Crippen molar-refractivity contribution < 1.29 is 37.5 Å². The Morgan fingerprint density at radius 2 is 1.79 bits per heavy atom.